The summed E-state index contributed by atoms with van der Waals surface area (Å²) >= 11 is 3.77. The number of thiophene rings is 1. The van der Waals surface area contributed by atoms with E-state index in [9.17, 15) is 4.79 Å². The molecule has 1 atom stereocenters. The van der Waals surface area contributed by atoms with Gasteiger partial charge in [-0.15, -0.1) is 23.1 Å². The Morgan fingerprint density at radius 2 is 1.82 bits per heavy atom. The average molecular weight is 417 g/mol. The third-order valence-corrected chi connectivity index (χ3v) is 8.88. The number of thioether (sulfide) groups is 1. The average Bonchev–Trinajstić information content (AvgIpc) is 3.19. The molecule has 2 aliphatic rings. The fourth-order valence-electron chi connectivity index (χ4n) is 4.60. The molecule has 5 heteroatoms. The van der Waals surface area contributed by atoms with E-state index in [1.807, 2.05) is 11.3 Å². The van der Waals surface area contributed by atoms with Gasteiger partial charge in [-0.05, 0) is 89.5 Å². The number of rotatable bonds is 6. The minimum absolute atomic E-state index is 0.242. The second-order valence-corrected chi connectivity index (χ2v) is 11.8. The second kappa shape index (κ2) is 8.37. The van der Waals surface area contributed by atoms with Gasteiger partial charge in [0.1, 0.15) is 0 Å². The number of amides is 1. The molecule has 3 heterocycles. The van der Waals surface area contributed by atoms with Gasteiger partial charge < -0.3 is 9.80 Å². The molecule has 0 bridgehead atoms. The summed E-state index contributed by atoms with van der Waals surface area (Å²) in [4.78, 5) is 18.7. The van der Waals surface area contributed by atoms with Gasteiger partial charge in [0.05, 0.1) is 10.1 Å². The van der Waals surface area contributed by atoms with Crippen molar-refractivity contribution in [1.82, 2.24) is 9.80 Å². The number of hydrogen-bond donors (Lipinski definition) is 0. The van der Waals surface area contributed by atoms with Crippen molar-refractivity contribution < 1.29 is 4.79 Å². The van der Waals surface area contributed by atoms with E-state index in [0.29, 0.717) is 11.3 Å². The highest BCUT2D eigenvalue weighted by Gasteiger charge is 2.43. The number of fused-ring (bicyclic) bond motifs is 1. The maximum atomic E-state index is 12.5. The molecular formula is C23H32N2OS2. The highest BCUT2D eigenvalue weighted by molar-refractivity contribution is 8.02. The van der Waals surface area contributed by atoms with E-state index in [-0.39, 0.29) is 4.75 Å². The maximum Gasteiger partial charge on any atom is 0.239 e. The van der Waals surface area contributed by atoms with Crippen LogP contribution in [0.3, 0.4) is 0 Å². The highest BCUT2D eigenvalue weighted by atomic mass is 32.2. The van der Waals surface area contributed by atoms with Crippen LogP contribution in [-0.4, -0.2) is 52.0 Å². The van der Waals surface area contributed by atoms with Crippen molar-refractivity contribution in [3.8, 4) is 0 Å². The summed E-state index contributed by atoms with van der Waals surface area (Å²) in [7, 11) is 0. The van der Waals surface area contributed by atoms with Crippen LogP contribution in [0.1, 0.15) is 57.2 Å². The molecule has 0 spiro atoms. The van der Waals surface area contributed by atoms with Gasteiger partial charge in [-0.1, -0.05) is 18.2 Å². The van der Waals surface area contributed by atoms with Gasteiger partial charge in [0, 0.05) is 16.1 Å². The first-order valence-corrected chi connectivity index (χ1v) is 12.3. The Morgan fingerprint density at radius 3 is 2.50 bits per heavy atom. The molecule has 0 radical (unpaired) electrons. The summed E-state index contributed by atoms with van der Waals surface area (Å²) in [6.07, 6.45) is 4.86. The monoisotopic (exact) mass is 416 g/mol. The molecule has 1 aromatic carbocycles. The molecule has 3 nitrogen and oxygen atoms in total. The highest BCUT2D eigenvalue weighted by Crippen LogP contribution is 2.40. The molecule has 2 aliphatic heterocycles. The van der Waals surface area contributed by atoms with Gasteiger partial charge in [0.15, 0.2) is 0 Å². The maximum absolute atomic E-state index is 12.5. The van der Waals surface area contributed by atoms with Crippen molar-refractivity contribution in [3.63, 3.8) is 0 Å². The van der Waals surface area contributed by atoms with Crippen LogP contribution >= 0.6 is 23.1 Å². The number of nitrogens with zero attached hydrogens (tertiary/aromatic N) is 2. The molecule has 1 amide bonds. The second-order valence-electron chi connectivity index (χ2n) is 8.74. The molecule has 1 aromatic heterocycles. The largest absolute Gasteiger partial charge is 0.330 e. The number of likely N-dealkylation sites (tertiary alicyclic amines) is 1. The summed E-state index contributed by atoms with van der Waals surface area (Å²) in [5, 5.41) is 1.72. The molecule has 0 aliphatic carbocycles. The Labute approximate surface area is 177 Å². The van der Waals surface area contributed by atoms with E-state index in [1.54, 1.807) is 16.6 Å². The lowest BCUT2D eigenvalue weighted by Gasteiger charge is -2.31. The van der Waals surface area contributed by atoms with E-state index in [1.165, 1.54) is 49.0 Å². The summed E-state index contributed by atoms with van der Waals surface area (Å²) < 4.78 is 1.18. The summed E-state index contributed by atoms with van der Waals surface area (Å²) in [5.74, 6) is 1.05. The van der Waals surface area contributed by atoms with Gasteiger partial charge in [-0.25, -0.2) is 0 Å². The zero-order valence-electron chi connectivity index (χ0n) is 17.3. The predicted molar refractivity (Wildman–Crippen MR) is 122 cm³/mol. The number of hydrogen-bond acceptors (Lipinski definition) is 4. The lowest BCUT2D eigenvalue weighted by Crippen LogP contribution is -2.38. The molecular weight excluding hydrogens is 384 g/mol. The zero-order chi connectivity index (χ0) is 19.7. The molecule has 0 N–H and O–H groups in total. The molecule has 28 heavy (non-hydrogen) atoms. The fourth-order valence-corrected chi connectivity index (χ4v) is 7.23. The zero-order valence-corrected chi connectivity index (χ0v) is 19.0. The van der Waals surface area contributed by atoms with Crippen LogP contribution in [0.15, 0.2) is 30.3 Å². The molecule has 4 rings (SSSR count). The first-order valence-electron chi connectivity index (χ1n) is 10.6. The van der Waals surface area contributed by atoms with E-state index < -0.39 is 0 Å². The van der Waals surface area contributed by atoms with E-state index in [4.69, 9.17) is 0 Å². The summed E-state index contributed by atoms with van der Waals surface area (Å²) in [5.41, 5.74) is 0. The number of benzene rings is 1. The van der Waals surface area contributed by atoms with Crippen LogP contribution in [0.4, 0.5) is 0 Å². The van der Waals surface area contributed by atoms with Gasteiger partial charge in [0.2, 0.25) is 5.91 Å². The Kier molecular flexibility index (Phi) is 6.05. The lowest BCUT2D eigenvalue weighted by molar-refractivity contribution is -0.131. The molecule has 1 unspecified atom stereocenters. The van der Waals surface area contributed by atoms with Crippen molar-refractivity contribution in [2.24, 2.45) is 0 Å². The van der Waals surface area contributed by atoms with Gasteiger partial charge in [0.25, 0.3) is 0 Å². The molecule has 2 saturated heterocycles. The van der Waals surface area contributed by atoms with Crippen molar-refractivity contribution in [3.05, 3.63) is 35.2 Å². The van der Waals surface area contributed by atoms with Crippen LogP contribution in [0.25, 0.3) is 10.1 Å². The van der Waals surface area contributed by atoms with E-state index in [0.717, 1.165) is 18.9 Å². The molecule has 0 saturated carbocycles. The first kappa shape index (κ1) is 20.2. The number of piperidine rings is 1. The Balaban J connectivity index is 1.19. The quantitative estimate of drug-likeness (QED) is 0.576. The van der Waals surface area contributed by atoms with Crippen LogP contribution in [0.5, 0.6) is 0 Å². The van der Waals surface area contributed by atoms with E-state index in [2.05, 4.69) is 60.9 Å². The van der Waals surface area contributed by atoms with Crippen molar-refractivity contribution in [1.29, 1.82) is 0 Å². The lowest BCUT2D eigenvalue weighted by atomic mass is 9.95. The van der Waals surface area contributed by atoms with Gasteiger partial charge in [-0.2, -0.15) is 0 Å². The molecule has 2 fully saturated rings. The fraction of sp³-hybridized carbons (Fsp3) is 0.609. The van der Waals surface area contributed by atoms with Crippen molar-refractivity contribution >= 4 is 39.1 Å². The van der Waals surface area contributed by atoms with Crippen LogP contribution in [-0.2, 0) is 4.79 Å². The smallest absolute Gasteiger partial charge is 0.239 e. The molecule has 2 aromatic rings. The summed E-state index contributed by atoms with van der Waals surface area (Å²) in [6.45, 7) is 10.8. The van der Waals surface area contributed by atoms with Gasteiger partial charge >= 0.3 is 0 Å². The minimum atomic E-state index is -0.242. The third kappa shape index (κ3) is 4.27. The molecule has 152 valence electrons. The Hall–Kier alpha value is -1.04. The number of carbonyl (C=O) groups is 1. The first-order chi connectivity index (χ1) is 13.4. The Morgan fingerprint density at radius 1 is 1.11 bits per heavy atom. The van der Waals surface area contributed by atoms with Crippen molar-refractivity contribution in [2.75, 3.05) is 26.2 Å². The summed E-state index contributed by atoms with van der Waals surface area (Å²) in [6, 6.07) is 11.2. The van der Waals surface area contributed by atoms with Crippen LogP contribution in [0, 0.1) is 0 Å². The normalized spacial score (nSPS) is 23.8. The predicted octanol–water partition coefficient (Wildman–Crippen LogP) is 5.56. The number of carbonyl (C=O) groups excluding carboxylic acids is 1. The Bertz CT molecular complexity index is 790. The topological polar surface area (TPSA) is 23.6 Å². The third-order valence-electron chi connectivity index (χ3n) is 6.24. The minimum Gasteiger partial charge on any atom is -0.330 e. The van der Waals surface area contributed by atoms with Crippen molar-refractivity contribution in [2.45, 2.75) is 62.5 Å². The van der Waals surface area contributed by atoms with Gasteiger partial charge in [-0.3, -0.25) is 4.79 Å². The standard InChI is InChI=1S/C23H32N2OS2/c1-17-25(22(26)23(2,3)28-17)13-7-6-12-24-14-10-18(11-15-24)21-16-19-8-4-5-9-20(19)27-21/h4-5,8-9,16-18H,6-7,10-15H2,1-3H3. The van der Waals surface area contributed by atoms with E-state index >= 15 is 0 Å². The SMILES string of the molecule is CC1SC(C)(C)C(=O)N1CCCCN1CCC(c2cc3ccccc3s2)CC1. The number of unbranched alkanes of at least 4 members (excludes halogenated alkanes) is 1. The van der Waals surface area contributed by atoms with Crippen LogP contribution in [0.2, 0.25) is 0 Å². The van der Waals surface area contributed by atoms with Crippen LogP contribution < -0.4 is 0 Å².